The van der Waals surface area contributed by atoms with Crippen molar-refractivity contribution in [1.29, 1.82) is 0 Å². The van der Waals surface area contributed by atoms with Crippen LogP contribution in [0.4, 0.5) is 4.79 Å². The smallest absolute Gasteiger partial charge is 0.333 e. The number of benzene rings is 1. The summed E-state index contributed by atoms with van der Waals surface area (Å²) in [6, 6.07) is 9.45. The van der Waals surface area contributed by atoms with Gasteiger partial charge in [-0.15, -0.1) is 0 Å². The first-order chi connectivity index (χ1) is 12.3. The van der Waals surface area contributed by atoms with Crippen LogP contribution in [0.5, 0.6) is 0 Å². The Balaban J connectivity index is 1.98. The Morgan fingerprint density at radius 2 is 1.31 bits per heavy atom. The Kier molecular flexibility index (Phi) is 4.50. The molecule has 0 atom stereocenters. The Morgan fingerprint density at radius 3 is 1.81 bits per heavy atom. The highest BCUT2D eigenvalue weighted by molar-refractivity contribution is 6.29. The summed E-state index contributed by atoms with van der Waals surface area (Å²) in [5, 5.41) is 0. The van der Waals surface area contributed by atoms with Gasteiger partial charge in [0.2, 0.25) is 0 Å². The van der Waals surface area contributed by atoms with Crippen molar-refractivity contribution < 1.29 is 14.4 Å². The molecule has 1 aromatic carbocycles. The summed E-state index contributed by atoms with van der Waals surface area (Å²) in [4.78, 5) is 41.0. The minimum atomic E-state index is -0.618. The van der Waals surface area contributed by atoms with E-state index in [1.54, 1.807) is 0 Å². The summed E-state index contributed by atoms with van der Waals surface area (Å²) >= 11 is 0. The second kappa shape index (κ2) is 6.63. The molecule has 4 amide bonds. The van der Waals surface area contributed by atoms with Crippen LogP contribution in [0.3, 0.4) is 0 Å². The van der Waals surface area contributed by atoms with Crippen LogP contribution in [0.1, 0.15) is 19.4 Å². The molecule has 2 heterocycles. The van der Waals surface area contributed by atoms with Crippen LogP contribution in [0.15, 0.2) is 65.0 Å². The van der Waals surface area contributed by atoms with E-state index in [0.717, 1.165) is 21.2 Å². The number of nitrogens with zero attached hydrogens (tertiary/aromatic N) is 3. The number of urea groups is 1. The fourth-order valence-corrected chi connectivity index (χ4v) is 3.16. The number of rotatable bonds is 2. The standard InChI is InChI=1S/C20H21N3O3/c1-13-10-16(17-18(24)21(3)20(26)22(4)19(17)25)11-14(2)23(13)12-15-8-6-5-7-9-15/h5-11H,12H2,1-4H3. The topological polar surface area (TPSA) is 60.9 Å². The minimum absolute atomic E-state index is 0.0210. The number of hydrogen-bond donors (Lipinski definition) is 0. The van der Waals surface area contributed by atoms with E-state index in [1.807, 2.05) is 44.2 Å². The zero-order chi connectivity index (χ0) is 19.0. The van der Waals surface area contributed by atoms with E-state index in [0.29, 0.717) is 12.1 Å². The van der Waals surface area contributed by atoms with Gasteiger partial charge in [0.25, 0.3) is 11.8 Å². The second-order valence-electron chi connectivity index (χ2n) is 6.48. The molecule has 0 N–H and O–H groups in total. The van der Waals surface area contributed by atoms with Gasteiger partial charge in [0, 0.05) is 32.0 Å². The molecule has 26 heavy (non-hydrogen) atoms. The Bertz CT molecular complexity index is 833. The van der Waals surface area contributed by atoms with Gasteiger partial charge in [0.1, 0.15) is 5.57 Å². The number of allylic oxidation sites excluding steroid dienone is 5. The maximum Gasteiger partial charge on any atom is 0.333 e. The third-order valence-corrected chi connectivity index (χ3v) is 4.66. The fourth-order valence-electron chi connectivity index (χ4n) is 3.16. The van der Waals surface area contributed by atoms with E-state index < -0.39 is 17.8 Å². The van der Waals surface area contributed by atoms with E-state index in [2.05, 4.69) is 17.0 Å². The number of carbonyl (C=O) groups excluding carboxylic acids is 3. The highest BCUT2D eigenvalue weighted by Crippen LogP contribution is 2.29. The maximum atomic E-state index is 12.5. The number of amides is 4. The van der Waals surface area contributed by atoms with Crippen LogP contribution >= 0.6 is 0 Å². The van der Waals surface area contributed by atoms with E-state index in [1.165, 1.54) is 19.7 Å². The van der Waals surface area contributed by atoms with Gasteiger partial charge in [-0.05, 0) is 37.1 Å². The van der Waals surface area contributed by atoms with Crippen LogP contribution in [0.25, 0.3) is 0 Å². The van der Waals surface area contributed by atoms with Crippen LogP contribution in [0.2, 0.25) is 0 Å². The molecule has 0 aromatic heterocycles. The van der Waals surface area contributed by atoms with E-state index in [-0.39, 0.29) is 5.57 Å². The number of barbiturate groups is 1. The second-order valence-corrected chi connectivity index (χ2v) is 6.48. The lowest BCUT2D eigenvalue weighted by Gasteiger charge is -2.33. The number of hydrogen-bond acceptors (Lipinski definition) is 4. The van der Waals surface area contributed by atoms with Crippen LogP contribution in [-0.4, -0.2) is 46.6 Å². The van der Waals surface area contributed by atoms with Crippen molar-refractivity contribution in [2.24, 2.45) is 0 Å². The molecule has 0 unspecified atom stereocenters. The third kappa shape index (κ3) is 2.94. The molecule has 2 aliphatic rings. The first-order valence-electron chi connectivity index (χ1n) is 8.33. The lowest BCUT2D eigenvalue weighted by molar-refractivity contribution is -0.134. The first kappa shape index (κ1) is 17.7. The van der Waals surface area contributed by atoms with Gasteiger partial charge in [-0.1, -0.05) is 30.3 Å². The van der Waals surface area contributed by atoms with Crippen molar-refractivity contribution in [3.63, 3.8) is 0 Å². The third-order valence-electron chi connectivity index (χ3n) is 4.66. The van der Waals surface area contributed by atoms with Crippen molar-refractivity contribution in [1.82, 2.24) is 14.7 Å². The molecule has 6 heteroatoms. The summed E-state index contributed by atoms with van der Waals surface area (Å²) in [6.07, 6.45) is 3.64. The SMILES string of the molecule is CC1=CC(=C2C(=O)N(C)C(=O)N(C)C2=O)C=C(C)N1Cc1ccccc1. The molecule has 1 aromatic rings. The Morgan fingerprint density at radius 1 is 0.808 bits per heavy atom. The van der Waals surface area contributed by atoms with E-state index in [4.69, 9.17) is 0 Å². The minimum Gasteiger partial charge on any atom is -0.345 e. The summed E-state index contributed by atoms with van der Waals surface area (Å²) in [6.45, 7) is 4.58. The van der Waals surface area contributed by atoms with Gasteiger partial charge in [-0.25, -0.2) is 4.79 Å². The average molecular weight is 351 g/mol. The molecule has 0 spiro atoms. The highest BCUT2D eigenvalue weighted by atomic mass is 16.2. The fraction of sp³-hybridized carbons (Fsp3) is 0.250. The molecule has 1 fully saturated rings. The van der Waals surface area contributed by atoms with E-state index >= 15 is 0 Å². The lowest BCUT2D eigenvalue weighted by Crippen LogP contribution is -2.53. The van der Waals surface area contributed by atoms with Crippen molar-refractivity contribution >= 4 is 17.8 Å². The number of carbonyl (C=O) groups is 3. The summed E-state index contributed by atoms with van der Waals surface area (Å²) < 4.78 is 0. The van der Waals surface area contributed by atoms with Crippen LogP contribution in [0, 0.1) is 0 Å². The molecule has 1 saturated heterocycles. The predicted molar refractivity (Wildman–Crippen MR) is 97.5 cm³/mol. The average Bonchev–Trinajstić information content (AvgIpc) is 2.62. The van der Waals surface area contributed by atoms with Crippen LogP contribution < -0.4 is 0 Å². The molecule has 2 aliphatic heterocycles. The zero-order valence-corrected chi connectivity index (χ0v) is 15.3. The molecule has 134 valence electrons. The molecule has 0 bridgehead atoms. The summed E-state index contributed by atoms with van der Waals surface area (Å²) in [5.74, 6) is -1.14. The summed E-state index contributed by atoms with van der Waals surface area (Å²) in [5.41, 5.74) is 3.58. The van der Waals surface area contributed by atoms with Crippen molar-refractivity contribution in [3.05, 3.63) is 70.6 Å². The Hall–Kier alpha value is -3.15. The van der Waals surface area contributed by atoms with Gasteiger partial charge < -0.3 is 4.90 Å². The Labute approximate surface area is 152 Å². The molecule has 0 radical (unpaired) electrons. The number of likely N-dealkylation sites (N-methyl/N-ethyl adjacent to an activating group) is 2. The summed E-state index contributed by atoms with van der Waals surface area (Å²) in [7, 11) is 2.76. The normalized spacial score (nSPS) is 18.5. The zero-order valence-electron chi connectivity index (χ0n) is 15.3. The molecule has 0 saturated carbocycles. The molecule has 3 rings (SSSR count). The number of imide groups is 2. The van der Waals surface area contributed by atoms with Gasteiger partial charge in [0.15, 0.2) is 0 Å². The van der Waals surface area contributed by atoms with Crippen molar-refractivity contribution in [2.75, 3.05) is 14.1 Å². The quantitative estimate of drug-likeness (QED) is 0.607. The van der Waals surface area contributed by atoms with Gasteiger partial charge in [0.05, 0.1) is 0 Å². The van der Waals surface area contributed by atoms with E-state index in [9.17, 15) is 14.4 Å². The van der Waals surface area contributed by atoms with Crippen LogP contribution in [-0.2, 0) is 16.1 Å². The highest BCUT2D eigenvalue weighted by Gasteiger charge is 2.39. The largest absolute Gasteiger partial charge is 0.345 e. The van der Waals surface area contributed by atoms with Gasteiger partial charge in [-0.2, -0.15) is 0 Å². The molecule has 6 nitrogen and oxygen atoms in total. The molecule has 0 aliphatic carbocycles. The van der Waals surface area contributed by atoms with Gasteiger partial charge >= 0.3 is 6.03 Å². The predicted octanol–water partition coefficient (Wildman–Crippen LogP) is 2.66. The van der Waals surface area contributed by atoms with Crippen molar-refractivity contribution in [3.8, 4) is 0 Å². The van der Waals surface area contributed by atoms with Gasteiger partial charge in [-0.3, -0.25) is 19.4 Å². The lowest BCUT2D eigenvalue weighted by atomic mass is 9.98. The monoisotopic (exact) mass is 351 g/mol. The molecular weight excluding hydrogens is 330 g/mol. The first-order valence-corrected chi connectivity index (χ1v) is 8.33. The maximum absolute atomic E-state index is 12.5. The molecular formula is C20H21N3O3. The van der Waals surface area contributed by atoms with Crippen molar-refractivity contribution in [2.45, 2.75) is 20.4 Å².